The summed E-state index contributed by atoms with van der Waals surface area (Å²) in [4.78, 5) is 11.6. The van der Waals surface area contributed by atoms with E-state index in [1.165, 1.54) is 26.4 Å². The minimum absolute atomic E-state index is 0. The van der Waals surface area contributed by atoms with E-state index in [-0.39, 0.29) is 18.4 Å². The molecule has 1 aliphatic heterocycles. The van der Waals surface area contributed by atoms with Gasteiger partial charge in [-0.25, -0.2) is 4.79 Å². The summed E-state index contributed by atoms with van der Waals surface area (Å²) in [5.41, 5.74) is 1.47. The molecule has 0 saturated carbocycles. The van der Waals surface area contributed by atoms with Gasteiger partial charge in [0.05, 0.1) is 19.3 Å². The van der Waals surface area contributed by atoms with Crippen LogP contribution in [0.3, 0.4) is 0 Å². The molecule has 4 nitrogen and oxygen atoms in total. The first kappa shape index (κ1) is 18.0. The number of ether oxygens (including phenoxy) is 2. The quantitative estimate of drug-likeness (QED) is 0.648. The van der Waals surface area contributed by atoms with Gasteiger partial charge in [-0.3, -0.25) is 0 Å². The molecule has 0 aromatic heterocycles. The van der Waals surface area contributed by atoms with Gasteiger partial charge in [0.2, 0.25) is 0 Å². The van der Waals surface area contributed by atoms with E-state index in [1.54, 1.807) is 6.07 Å². The number of hydrogen-bond donors (Lipinski definition) is 1. The zero-order valence-electron chi connectivity index (χ0n) is 12.5. The van der Waals surface area contributed by atoms with Crippen LogP contribution in [0.4, 0.5) is 0 Å². The highest BCUT2D eigenvalue weighted by Gasteiger charge is 2.13. The predicted octanol–water partition coefficient (Wildman–Crippen LogP) is 2.94. The van der Waals surface area contributed by atoms with Gasteiger partial charge in [-0.15, -0.1) is 12.4 Å². The average molecular weight is 314 g/mol. The summed E-state index contributed by atoms with van der Waals surface area (Å²) in [6, 6.07) is 8.01. The van der Waals surface area contributed by atoms with Crippen LogP contribution in [0.5, 0.6) is 0 Å². The number of nitrogens with one attached hydrogen (secondary N) is 1. The number of carbonyl (C=O) groups is 1. The summed E-state index contributed by atoms with van der Waals surface area (Å²) >= 11 is 0. The normalized spacial score (nSPS) is 17.9. The van der Waals surface area contributed by atoms with Crippen LogP contribution in [0.25, 0.3) is 0 Å². The monoisotopic (exact) mass is 313 g/mol. The molecule has 1 aromatic rings. The minimum Gasteiger partial charge on any atom is -0.465 e. The van der Waals surface area contributed by atoms with Crippen LogP contribution in [0.15, 0.2) is 24.3 Å². The van der Waals surface area contributed by atoms with Gasteiger partial charge in [-0.1, -0.05) is 24.6 Å². The fraction of sp³-hybridized carbons (Fsp3) is 0.562. The number of hydrogen-bond acceptors (Lipinski definition) is 4. The highest BCUT2D eigenvalue weighted by atomic mass is 35.5. The predicted molar refractivity (Wildman–Crippen MR) is 84.9 cm³/mol. The van der Waals surface area contributed by atoms with Crippen LogP contribution in [0, 0.1) is 0 Å². The fourth-order valence-corrected chi connectivity index (χ4v) is 2.53. The van der Waals surface area contributed by atoms with Crippen molar-refractivity contribution < 1.29 is 14.3 Å². The van der Waals surface area contributed by atoms with Gasteiger partial charge >= 0.3 is 5.97 Å². The molecular weight excluding hydrogens is 290 g/mol. The molecule has 1 heterocycles. The van der Waals surface area contributed by atoms with Gasteiger partial charge in [0.25, 0.3) is 0 Å². The van der Waals surface area contributed by atoms with E-state index in [1.807, 2.05) is 18.2 Å². The Morgan fingerprint density at radius 2 is 2.14 bits per heavy atom. The number of rotatable bonds is 6. The maximum atomic E-state index is 11.6. The fourth-order valence-electron chi connectivity index (χ4n) is 2.53. The molecule has 1 fully saturated rings. The van der Waals surface area contributed by atoms with Crippen LogP contribution >= 0.6 is 12.4 Å². The molecule has 0 radical (unpaired) electrons. The Morgan fingerprint density at radius 3 is 2.86 bits per heavy atom. The molecule has 0 aliphatic carbocycles. The van der Waals surface area contributed by atoms with Crippen LogP contribution in [-0.4, -0.2) is 32.3 Å². The van der Waals surface area contributed by atoms with Gasteiger partial charge in [0.15, 0.2) is 0 Å². The third-order valence-corrected chi connectivity index (χ3v) is 3.70. The van der Waals surface area contributed by atoms with Crippen LogP contribution in [0.2, 0.25) is 0 Å². The number of piperidine rings is 1. The number of halogens is 1. The zero-order chi connectivity index (χ0) is 14.2. The van der Waals surface area contributed by atoms with Crippen molar-refractivity contribution in [3.8, 4) is 0 Å². The van der Waals surface area contributed by atoms with Crippen molar-refractivity contribution in [3.05, 3.63) is 35.4 Å². The highest BCUT2D eigenvalue weighted by Crippen LogP contribution is 2.13. The Hall–Kier alpha value is -1.10. The first-order chi connectivity index (χ1) is 9.81. The molecule has 0 amide bonds. The molecule has 118 valence electrons. The molecule has 21 heavy (non-hydrogen) atoms. The maximum Gasteiger partial charge on any atom is 0.338 e. The van der Waals surface area contributed by atoms with E-state index in [0.29, 0.717) is 24.8 Å². The number of benzene rings is 1. The number of esters is 1. The highest BCUT2D eigenvalue weighted by molar-refractivity contribution is 5.90. The number of methoxy groups -OCH3 is 1. The molecule has 1 N–H and O–H groups in total. The van der Waals surface area contributed by atoms with E-state index in [2.05, 4.69) is 5.32 Å². The lowest BCUT2D eigenvalue weighted by molar-refractivity contribution is 0.0590. The average Bonchev–Trinajstić information content (AvgIpc) is 2.52. The Balaban J connectivity index is 0.00000220. The maximum absolute atomic E-state index is 11.6. The van der Waals surface area contributed by atoms with E-state index < -0.39 is 0 Å². The summed E-state index contributed by atoms with van der Waals surface area (Å²) in [6.07, 6.45) is 4.86. The molecule has 2 rings (SSSR count). The van der Waals surface area contributed by atoms with E-state index in [4.69, 9.17) is 9.47 Å². The second-order valence-corrected chi connectivity index (χ2v) is 5.14. The van der Waals surface area contributed by atoms with Crippen molar-refractivity contribution in [2.24, 2.45) is 0 Å². The van der Waals surface area contributed by atoms with Crippen molar-refractivity contribution in [2.45, 2.75) is 38.3 Å². The molecule has 0 bridgehead atoms. The third-order valence-electron chi connectivity index (χ3n) is 3.70. The lowest BCUT2D eigenvalue weighted by atomic mass is 10.0. The SMILES string of the molecule is COC(=O)c1ccccc1COCCC1CCCCN1.Cl. The first-order valence-corrected chi connectivity index (χ1v) is 7.28. The molecule has 0 spiro atoms. The summed E-state index contributed by atoms with van der Waals surface area (Å²) < 4.78 is 10.5. The van der Waals surface area contributed by atoms with Crippen molar-refractivity contribution in [1.29, 1.82) is 0 Å². The van der Waals surface area contributed by atoms with Gasteiger partial charge in [0, 0.05) is 12.6 Å². The standard InChI is InChI=1S/C16H23NO3.ClH/c1-19-16(18)15-8-3-2-6-13(15)12-20-11-9-14-7-4-5-10-17-14;/h2-3,6,8,14,17H,4-5,7,9-12H2,1H3;1H. The molecular formula is C16H24ClNO3. The molecule has 1 aromatic carbocycles. The molecule has 5 heteroatoms. The zero-order valence-corrected chi connectivity index (χ0v) is 13.3. The smallest absolute Gasteiger partial charge is 0.338 e. The molecule has 1 aliphatic rings. The molecule has 1 saturated heterocycles. The Kier molecular flexibility index (Phi) is 8.35. The molecule has 1 atom stereocenters. The second-order valence-electron chi connectivity index (χ2n) is 5.14. The van der Waals surface area contributed by atoms with Gasteiger partial charge in [-0.2, -0.15) is 0 Å². The minimum atomic E-state index is -0.307. The summed E-state index contributed by atoms with van der Waals surface area (Å²) in [5.74, 6) is -0.307. The lowest BCUT2D eigenvalue weighted by Gasteiger charge is -2.23. The molecule has 1 unspecified atom stereocenters. The largest absolute Gasteiger partial charge is 0.465 e. The van der Waals surface area contributed by atoms with Crippen molar-refractivity contribution >= 4 is 18.4 Å². The van der Waals surface area contributed by atoms with Crippen LogP contribution < -0.4 is 5.32 Å². The lowest BCUT2D eigenvalue weighted by Crippen LogP contribution is -2.34. The van der Waals surface area contributed by atoms with Crippen LogP contribution in [0.1, 0.15) is 41.6 Å². The Labute approximate surface area is 132 Å². The van der Waals surface area contributed by atoms with E-state index in [0.717, 1.165) is 18.5 Å². The van der Waals surface area contributed by atoms with Crippen molar-refractivity contribution in [2.75, 3.05) is 20.3 Å². The summed E-state index contributed by atoms with van der Waals surface area (Å²) in [7, 11) is 1.40. The van der Waals surface area contributed by atoms with Crippen LogP contribution in [-0.2, 0) is 16.1 Å². The van der Waals surface area contributed by atoms with Gasteiger partial charge in [0.1, 0.15) is 0 Å². The van der Waals surface area contributed by atoms with E-state index >= 15 is 0 Å². The first-order valence-electron chi connectivity index (χ1n) is 7.28. The Morgan fingerprint density at radius 1 is 1.33 bits per heavy atom. The van der Waals surface area contributed by atoms with Crippen molar-refractivity contribution in [1.82, 2.24) is 5.32 Å². The Bertz CT molecular complexity index is 433. The van der Waals surface area contributed by atoms with Gasteiger partial charge in [-0.05, 0) is 37.4 Å². The second kappa shape index (κ2) is 9.77. The summed E-state index contributed by atoms with van der Waals surface area (Å²) in [5, 5.41) is 3.50. The van der Waals surface area contributed by atoms with E-state index in [9.17, 15) is 4.79 Å². The topological polar surface area (TPSA) is 47.6 Å². The third kappa shape index (κ3) is 5.65. The van der Waals surface area contributed by atoms with Gasteiger partial charge < -0.3 is 14.8 Å². The summed E-state index contributed by atoms with van der Waals surface area (Å²) in [6.45, 7) is 2.29. The van der Waals surface area contributed by atoms with Crippen molar-refractivity contribution in [3.63, 3.8) is 0 Å². The number of carbonyl (C=O) groups excluding carboxylic acids is 1.